The lowest BCUT2D eigenvalue weighted by Crippen LogP contribution is -2.23. The highest BCUT2D eigenvalue weighted by Gasteiger charge is 2.27. The number of amides is 1. The van der Waals surface area contributed by atoms with Crippen molar-refractivity contribution in [3.8, 4) is 0 Å². The first kappa shape index (κ1) is 17.9. The molecule has 2 rings (SSSR count). The Morgan fingerprint density at radius 2 is 1.83 bits per heavy atom. The van der Waals surface area contributed by atoms with Gasteiger partial charge in [0.1, 0.15) is 0 Å². The van der Waals surface area contributed by atoms with Crippen molar-refractivity contribution < 1.29 is 14.4 Å². The number of Topliss-reactive ketones (excluding diaryl/α,β-unsaturated/α-hetero) is 1. The Morgan fingerprint density at radius 1 is 1.12 bits per heavy atom. The monoisotopic (exact) mass is 325 g/mol. The van der Waals surface area contributed by atoms with E-state index in [2.05, 4.69) is 6.92 Å². The van der Waals surface area contributed by atoms with Gasteiger partial charge in [0, 0.05) is 12.0 Å². The fraction of sp³-hybridized carbons (Fsp3) is 0.350. The lowest BCUT2D eigenvalue weighted by molar-refractivity contribution is -0.131. The lowest BCUT2D eigenvalue weighted by Gasteiger charge is -2.20. The van der Waals surface area contributed by atoms with Gasteiger partial charge in [0.2, 0.25) is 17.5 Å². The first-order valence-corrected chi connectivity index (χ1v) is 8.36. The van der Waals surface area contributed by atoms with Crippen molar-refractivity contribution in [3.05, 3.63) is 53.6 Å². The highest BCUT2D eigenvalue weighted by molar-refractivity contribution is 6.50. The third kappa shape index (κ3) is 4.51. The summed E-state index contributed by atoms with van der Waals surface area (Å²) in [6, 6.07) is 9.52. The number of ketones is 2. The largest absolute Gasteiger partial charge is 0.370 e. The van der Waals surface area contributed by atoms with Crippen molar-refractivity contribution in [2.75, 3.05) is 0 Å². The van der Waals surface area contributed by atoms with Crippen LogP contribution in [0.1, 0.15) is 44.6 Å². The number of hydrogen-bond donors (Lipinski definition) is 1. The molecule has 4 nitrogen and oxygen atoms in total. The minimum Gasteiger partial charge on any atom is -0.370 e. The molecular formula is C20H23NO3. The Labute approximate surface area is 142 Å². The fourth-order valence-electron chi connectivity index (χ4n) is 3.04. The number of carbonyl (C=O) groups excluding carboxylic acids is 3. The van der Waals surface area contributed by atoms with E-state index in [1.54, 1.807) is 6.08 Å². The van der Waals surface area contributed by atoms with Gasteiger partial charge in [-0.2, -0.15) is 0 Å². The highest BCUT2D eigenvalue weighted by atomic mass is 16.2. The predicted octanol–water partition coefficient (Wildman–Crippen LogP) is 3.22. The number of nitrogens with two attached hydrogens (primary N) is 1. The molecule has 0 bridgehead atoms. The number of carbonyl (C=O) groups is 3. The van der Waals surface area contributed by atoms with Crippen LogP contribution in [-0.2, 0) is 14.4 Å². The molecule has 0 fully saturated rings. The van der Waals surface area contributed by atoms with E-state index < -0.39 is 11.6 Å². The Balaban J connectivity index is 2.36. The number of primary amides is 1. The minimum atomic E-state index is -0.502. The average Bonchev–Trinajstić information content (AvgIpc) is 2.57. The van der Waals surface area contributed by atoms with E-state index in [0.29, 0.717) is 12.0 Å². The number of allylic oxidation sites excluding steroid dienone is 4. The summed E-state index contributed by atoms with van der Waals surface area (Å²) in [6.45, 7) is 2.08. The van der Waals surface area contributed by atoms with Gasteiger partial charge in [-0.15, -0.1) is 0 Å². The second kappa shape index (κ2) is 8.39. The molecule has 0 spiro atoms. The van der Waals surface area contributed by atoms with Crippen LogP contribution in [0.15, 0.2) is 48.1 Å². The molecule has 1 aliphatic rings. The Morgan fingerprint density at radius 3 is 2.46 bits per heavy atom. The summed E-state index contributed by atoms with van der Waals surface area (Å²) in [5, 5.41) is 0. The molecular weight excluding hydrogens is 302 g/mol. The summed E-state index contributed by atoms with van der Waals surface area (Å²) in [4.78, 5) is 35.6. The summed E-state index contributed by atoms with van der Waals surface area (Å²) < 4.78 is 0. The molecule has 24 heavy (non-hydrogen) atoms. The van der Waals surface area contributed by atoms with E-state index in [-0.39, 0.29) is 18.2 Å². The molecule has 0 aromatic heterocycles. The van der Waals surface area contributed by atoms with Crippen LogP contribution in [0, 0.1) is 5.92 Å². The third-order valence-electron chi connectivity index (χ3n) is 4.26. The summed E-state index contributed by atoms with van der Waals surface area (Å²) >= 11 is 0. The van der Waals surface area contributed by atoms with Gasteiger partial charge in [-0.05, 0) is 42.0 Å². The second-order valence-corrected chi connectivity index (χ2v) is 6.17. The topological polar surface area (TPSA) is 77.2 Å². The number of benzene rings is 1. The van der Waals surface area contributed by atoms with Gasteiger partial charge in [0.05, 0.1) is 0 Å². The van der Waals surface area contributed by atoms with E-state index >= 15 is 0 Å². The first-order valence-electron chi connectivity index (χ1n) is 8.36. The molecule has 1 aliphatic carbocycles. The molecule has 0 saturated heterocycles. The molecule has 1 aromatic carbocycles. The van der Waals surface area contributed by atoms with E-state index in [0.717, 1.165) is 30.4 Å². The SMILES string of the molecule is CCCCC(CC(N)=O)CC1=C(c2ccccc2)C=CC(=O)C1=O. The fourth-order valence-corrected chi connectivity index (χ4v) is 3.04. The Hall–Kier alpha value is -2.49. The number of rotatable bonds is 8. The molecule has 4 heteroatoms. The van der Waals surface area contributed by atoms with Gasteiger partial charge >= 0.3 is 0 Å². The van der Waals surface area contributed by atoms with Crippen molar-refractivity contribution >= 4 is 23.0 Å². The summed E-state index contributed by atoms with van der Waals surface area (Å²) in [6.07, 6.45) is 6.45. The van der Waals surface area contributed by atoms with Crippen molar-refractivity contribution in [3.63, 3.8) is 0 Å². The summed E-state index contributed by atoms with van der Waals surface area (Å²) in [7, 11) is 0. The number of unbranched alkanes of at least 4 members (excludes halogenated alkanes) is 1. The maximum absolute atomic E-state index is 12.4. The molecule has 2 N–H and O–H groups in total. The molecule has 1 aromatic rings. The number of hydrogen-bond acceptors (Lipinski definition) is 3. The molecule has 1 unspecified atom stereocenters. The second-order valence-electron chi connectivity index (χ2n) is 6.17. The van der Waals surface area contributed by atoms with Crippen LogP contribution in [0.2, 0.25) is 0 Å². The van der Waals surface area contributed by atoms with Crippen molar-refractivity contribution in [2.24, 2.45) is 11.7 Å². The summed E-state index contributed by atoms with van der Waals surface area (Å²) in [5.74, 6) is -1.36. The maximum Gasteiger partial charge on any atom is 0.229 e. The summed E-state index contributed by atoms with van der Waals surface area (Å²) in [5.41, 5.74) is 7.52. The van der Waals surface area contributed by atoms with Crippen LogP contribution in [0.25, 0.3) is 5.57 Å². The molecule has 0 radical (unpaired) electrons. The van der Waals surface area contributed by atoms with Crippen molar-refractivity contribution in [2.45, 2.75) is 39.0 Å². The molecule has 0 aliphatic heterocycles. The van der Waals surface area contributed by atoms with Crippen LogP contribution < -0.4 is 5.73 Å². The van der Waals surface area contributed by atoms with Gasteiger partial charge in [-0.3, -0.25) is 14.4 Å². The first-order chi connectivity index (χ1) is 11.5. The van der Waals surface area contributed by atoms with Crippen LogP contribution in [0.5, 0.6) is 0 Å². The normalized spacial score (nSPS) is 15.7. The van der Waals surface area contributed by atoms with E-state index in [4.69, 9.17) is 5.73 Å². The van der Waals surface area contributed by atoms with Crippen LogP contribution in [0.3, 0.4) is 0 Å². The van der Waals surface area contributed by atoms with E-state index in [9.17, 15) is 14.4 Å². The van der Waals surface area contributed by atoms with Crippen LogP contribution in [0.4, 0.5) is 0 Å². The van der Waals surface area contributed by atoms with Crippen LogP contribution in [-0.4, -0.2) is 17.5 Å². The van der Waals surface area contributed by atoms with Gasteiger partial charge in [-0.25, -0.2) is 0 Å². The Kier molecular flexibility index (Phi) is 6.24. The highest BCUT2D eigenvalue weighted by Crippen LogP contribution is 2.31. The average molecular weight is 325 g/mol. The lowest BCUT2D eigenvalue weighted by atomic mass is 9.82. The van der Waals surface area contributed by atoms with Gasteiger partial charge in [-0.1, -0.05) is 50.1 Å². The van der Waals surface area contributed by atoms with Crippen molar-refractivity contribution in [1.82, 2.24) is 0 Å². The third-order valence-corrected chi connectivity index (χ3v) is 4.26. The molecule has 126 valence electrons. The van der Waals surface area contributed by atoms with Gasteiger partial charge in [0.15, 0.2) is 0 Å². The zero-order chi connectivity index (χ0) is 17.5. The van der Waals surface area contributed by atoms with Gasteiger partial charge < -0.3 is 5.73 Å². The van der Waals surface area contributed by atoms with Crippen LogP contribution >= 0.6 is 0 Å². The minimum absolute atomic E-state index is 0.0144. The molecule has 1 atom stereocenters. The zero-order valence-corrected chi connectivity index (χ0v) is 14.0. The molecule has 0 saturated carbocycles. The zero-order valence-electron chi connectivity index (χ0n) is 14.0. The predicted molar refractivity (Wildman–Crippen MR) is 94.0 cm³/mol. The molecule has 1 amide bonds. The maximum atomic E-state index is 12.4. The smallest absolute Gasteiger partial charge is 0.229 e. The van der Waals surface area contributed by atoms with Gasteiger partial charge in [0.25, 0.3) is 0 Å². The van der Waals surface area contributed by atoms with Crippen molar-refractivity contribution in [1.29, 1.82) is 0 Å². The quantitative estimate of drug-likeness (QED) is 0.589. The Bertz CT molecular complexity index is 686. The van der Waals surface area contributed by atoms with E-state index in [1.165, 1.54) is 6.08 Å². The standard InChI is InChI=1S/C20H23NO3/c1-2-3-7-14(13-19(21)23)12-17-16(10-11-18(22)20(17)24)15-8-5-4-6-9-15/h4-6,8-11,14H,2-3,7,12-13H2,1H3,(H2,21,23). The van der Waals surface area contributed by atoms with E-state index in [1.807, 2.05) is 30.3 Å². The molecule has 0 heterocycles.